The molecule has 0 aliphatic carbocycles. The molecule has 0 aliphatic rings. The second-order valence-electron chi connectivity index (χ2n) is 5.77. The molecule has 3 nitrogen and oxygen atoms in total. The minimum atomic E-state index is -0.486. The minimum Gasteiger partial charge on any atom is -0.444 e. The quantitative estimate of drug-likeness (QED) is 0.795. The molecule has 0 heterocycles. The van der Waals surface area contributed by atoms with Gasteiger partial charge >= 0.3 is 6.09 Å². The third-order valence-corrected chi connectivity index (χ3v) is 3.18. The van der Waals surface area contributed by atoms with E-state index in [4.69, 9.17) is 16.3 Å². The molecule has 4 heteroatoms. The standard InChI is InChI=1S/C15H22ClNO2/c1-10-9-12(16)7-8-13(10)11(2)17(6)14(18)19-15(3,4)5/h7-9,11H,1-6H3. The fourth-order valence-corrected chi connectivity index (χ4v) is 2.04. The predicted octanol–water partition coefficient (Wildman–Crippen LogP) is 4.58. The number of nitrogens with zero attached hydrogens (tertiary/aromatic N) is 1. The summed E-state index contributed by atoms with van der Waals surface area (Å²) in [7, 11) is 1.74. The summed E-state index contributed by atoms with van der Waals surface area (Å²) in [6.45, 7) is 9.53. The third kappa shape index (κ3) is 4.43. The summed E-state index contributed by atoms with van der Waals surface area (Å²) in [5, 5.41) is 0.702. The molecular weight excluding hydrogens is 262 g/mol. The highest BCUT2D eigenvalue weighted by Crippen LogP contribution is 2.26. The average molecular weight is 284 g/mol. The monoisotopic (exact) mass is 283 g/mol. The van der Waals surface area contributed by atoms with Crippen molar-refractivity contribution in [2.45, 2.75) is 46.3 Å². The Hall–Kier alpha value is -1.22. The predicted molar refractivity (Wildman–Crippen MR) is 78.6 cm³/mol. The minimum absolute atomic E-state index is 0.0629. The molecule has 19 heavy (non-hydrogen) atoms. The van der Waals surface area contributed by atoms with E-state index in [2.05, 4.69) is 0 Å². The van der Waals surface area contributed by atoms with Crippen LogP contribution in [-0.2, 0) is 4.74 Å². The lowest BCUT2D eigenvalue weighted by Crippen LogP contribution is -2.35. The molecule has 0 saturated carbocycles. The Kier molecular flexibility index (Phi) is 4.86. The Labute approximate surface area is 120 Å². The van der Waals surface area contributed by atoms with Crippen molar-refractivity contribution in [3.63, 3.8) is 0 Å². The Morgan fingerprint density at radius 1 is 1.37 bits per heavy atom. The highest BCUT2D eigenvalue weighted by molar-refractivity contribution is 6.30. The van der Waals surface area contributed by atoms with E-state index in [0.717, 1.165) is 11.1 Å². The van der Waals surface area contributed by atoms with Crippen LogP contribution in [0.1, 0.15) is 44.9 Å². The molecule has 1 amide bonds. The van der Waals surface area contributed by atoms with Gasteiger partial charge < -0.3 is 9.64 Å². The van der Waals surface area contributed by atoms with Gasteiger partial charge in [-0.1, -0.05) is 17.7 Å². The van der Waals surface area contributed by atoms with Crippen LogP contribution >= 0.6 is 11.6 Å². The number of hydrogen-bond acceptors (Lipinski definition) is 2. The van der Waals surface area contributed by atoms with Crippen molar-refractivity contribution in [3.8, 4) is 0 Å². The number of aryl methyl sites for hydroxylation is 1. The number of carbonyl (C=O) groups is 1. The molecule has 0 radical (unpaired) electrons. The first-order chi connectivity index (χ1) is 8.61. The van der Waals surface area contributed by atoms with Gasteiger partial charge in [0, 0.05) is 12.1 Å². The summed E-state index contributed by atoms with van der Waals surface area (Å²) < 4.78 is 5.37. The lowest BCUT2D eigenvalue weighted by atomic mass is 10.0. The maximum Gasteiger partial charge on any atom is 0.410 e. The van der Waals surface area contributed by atoms with Crippen molar-refractivity contribution in [1.82, 2.24) is 4.90 Å². The van der Waals surface area contributed by atoms with Crippen LogP contribution in [-0.4, -0.2) is 23.6 Å². The van der Waals surface area contributed by atoms with Crippen molar-refractivity contribution in [3.05, 3.63) is 34.3 Å². The number of carbonyl (C=O) groups excluding carboxylic acids is 1. The normalized spacial score (nSPS) is 13.0. The fraction of sp³-hybridized carbons (Fsp3) is 0.533. The first kappa shape index (κ1) is 15.8. The van der Waals surface area contributed by atoms with Crippen molar-refractivity contribution in [2.75, 3.05) is 7.05 Å². The molecule has 0 saturated heterocycles. The van der Waals surface area contributed by atoms with Gasteiger partial charge in [-0.05, 0) is 57.9 Å². The smallest absolute Gasteiger partial charge is 0.410 e. The van der Waals surface area contributed by atoms with Crippen LogP contribution in [0, 0.1) is 6.92 Å². The highest BCUT2D eigenvalue weighted by Gasteiger charge is 2.24. The molecule has 0 N–H and O–H groups in total. The van der Waals surface area contributed by atoms with Gasteiger partial charge in [-0.3, -0.25) is 0 Å². The lowest BCUT2D eigenvalue weighted by molar-refractivity contribution is 0.0233. The van der Waals surface area contributed by atoms with E-state index in [0.29, 0.717) is 5.02 Å². The van der Waals surface area contributed by atoms with Gasteiger partial charge in [0.05, 0.1) is 6.04 Å². The van der Waals surface area contributed by atoms with Gasteiger partial charge in [-0.2, -0.15) is 0 Å². The molecule has 1 atom stereocenters. The molecule has 1 rings (SSSR count). The first-order valence-electron chi connectivity index (χ1n) is 6.33. The molecule has 0 bridgehead atoms. The zero-order chi connectivity index (χ0) is 14.8. The number of ether oxygens (including phenoxy) is 1. The second-order valence-corrected chi connectivity index (χ2v) is 6.20. The molecule has 0 aromatic heterocycles. The fourth-order valence-electron chi connectivity index (χ4n) is 1.81. The van der Waals surface area contributed by atoms with E-state index in [1.54, 1.807) is 11.9 Å². The Balaban J connectivity index is 2.87. The highest BCUT2D eigenvalue weighted by atomic mass is 35.5. The van der Waals surface area contributed by atoms with E-state index < -0.39 is 5.60 Å². The van der Waals surface area contributed by atoms with Crippen LogP contribution in [0.4, 0.5) is 4.79 Å². The van der Waals surface area contributed by atoms with Gasteiger partial charge in [0.2, 0.25) is 0 Å². The van der Waals surface area contributed by atoms with Crippen LogP contribution in [0.25, 0.3) is 0 Å². The van der Waals surface area contributed by atoms with Gasteiger partial charge in [0.1, 0.15) is 5.60 Å². The number of benzene rings is 1. The van der Waals surface area contributed by atoms with Crippen molar-refractivity contribution < 1.29 is 9.53 Å². The Morgan fingerprint density at radius 2 is 1.95 bits per heavy atom. The molecule has 0 fully saturated rings. The summed E-state index contributed by atoms with van der Waals surface area (Å²) in [5.74, 6) is 0. The largest absolute Gasteiger partial charge is 0.444 e. The third-order valence-electron chi connectivity index (χ3n) is 2.94. The van der Waals surface area contributed by atoms with E-state index in [1.807, 2.05) is 52.8 Å². The Morgan fingerprint density at radius 3 is 2.42 bits per heavy atom. The van der Waals surface area contributed by atoms with Crippen molar-refractivity contribution in [2.24, 2.45) is 0 Å². The summed E-state index contributed by atoms with van der Waals surface area (Å²) in [6.07, 6.45) is -0.325. The van der Waals surface area contributed by atoms with E-state index >= 15 is 0 Å². The van der Waals surface area contributed by atoms with Crippen LogP contribution in [0.3, 0.4) is 0 Å². The lowest BCUT2D eigenvalue weighted by Gasteiger charge is -2.29. The summed E-state index contributed by atoms with van der Waals surface area (Å²) in [5.41, 5.74) is 1.65. The Bertz CT molecular complexity index is 466. The van der Waals surface area contributed by atoms with Gasteiger partial charge in [0.25, 0.3) is 0 Å². The number of rotatable bonds is 2. The van der Waals surface area contributed by atoms with Gasteiger partial charge in [0.15, 0.2) is 0 Å². The summed E-state index contributed by atoms with van der Waals surface area (Å²) in [6, 6.07) is 5.62. The molecule has 1 aromatic rings. The molecule has 1 aromatic carbocycles. The van der Waals surface area contributed by atoms with E-state index in [-0.39, 0.29) is 12.1 Å². The second kappa shape index (κ2) is 5.83. The summed E-state index contributed by atoms with van der Waals surface area (Å²) >= 11 is 5.95. The number of hydrogen-bond donors (Lipinski definition) is 0. The summed E-state index contributed by atoms with van der Waals surface area (Å²) in [4.78, 5) is 13.6. The SMILES string of the molecule is Cc1cc(Cl)ccc1C(C)N(C)C(=O)OC(C)(C)C. The van der Waals surface area contributed by atoms with Crippen LogP contribution in [0.15, 0.2) is 18.2 Å². The average Bonchev–Trinajstić information content (AvgIpc) is 2.24. The molecular formula is C15H22ClNO2. The first-order valence-corrected chi connectivity index (χ1v) is 6.71. The van der Waals surface area contributed by atoms with Crippen LogP contribution in [0.2, 0.25) is 5.02 Å². The molecule has 0 aliphatic heterocycles. The van der Waals surface area contributed by atoms with E-state index in [9.17, 15) is 4.79 Å². The molecule has 0 spiro atoms. The zero-order valence-corrected chi connectivity index (χ0v) is 13.2. The molecule has 1 unspecified atom stereocenters. The van der Waals surface area contributed by atoms with Crippen LogP contribution < -0.4 is 0 Å². The van der Waals surface area contributed by atoms with E-state index in [1.165, 1.54) is 0 Å². The number of amides is 1. The van der Waals surface area contributed by atoms with Gasteiger partial charge in [-0.25, -0.2) is 4.79 Å². The van der Waals surface area contributed by atoms with Gasteiger partial charge in [-0.15, -0.1) is 0 Å². The zero-order valence-electron chi connectivity index (χ0n) is 12.5. The topological polar surface area (TPSA) is 29.5 Å². The van der Waals surface area contributed by atoms with Crippen LogP contribution in [0.5, 0.6) is 0 Å². The molecule has 106 valence electrons. The maximum absolute atomic E-state index is 12.0. The maximum atomic E-state index is 12.0. The number of halogens is 1. The van der Waals surface area contributed by atoms with Crippen molar-refractivity contribution >= 4 is 17.7 Å². The van der Waals surface area contributed by atoms with Crippen molar-refractivity contribution in [1.29, 1.82) is 0 Å².